The summed E-state index contributed by atoms with van der Waals surface area (Å²) >= 11 is 6.10. The van der Waals surface area contributed by atoms with E-state index in [9.17, 15) is 0 Å². The molecule has 1 fully saturated rings. The van der Waals surface area contributed by atoms with Crippen LogP contribution in [0, 0.1) is 0 Å². The molecule has 2 aromatic heterocycles. The molecule has 0 aliphatic carbocycles. The van der Waals surface area contributed by atoms with Gasteiger partial charge in [0, 0.05) is 48.3 Å². The number of hydrogen-bond acceptors (Lipinski definition) is 5. The molecule has 1 saturated heterocycles. The van der Waals surface area contributed by atoms with Crippen LogP contribution in [-0.2, 0) is 0 Å². The third-order valence-corrected chi connectivity index (χ3v) is 6.40. The van der Waals surface area contributed by atoms with E-state index in [0.29, 0.717) is 11.1 Å². The molecule has 0 saturated carbocycles. The molecule has 3 heterocycles. The highest BCUT2D eigenvalue weighted by molar-refractivity contribution is 6.31. The molecule has 8 heteroatoms. The van der Waals surface area contributed by atoms with Gasteiger partial charge in [0.15, 0.2) is 5.82 Å². The third kappa shape index (κ3) is 3.89. The zero-order chi connectivity index (χ0) is 21.5. The standard InChI is InChI=1S/C23H28ClN7/c1-4-30-9-10-31(14-17(30)13-29(2)3)16-6-8-19-21(12-16)26-23(25-19)22-18-7-5-15(24)11-20(18)27-28-22/h5-8,11-12,17H,4,9-10,13-14H2,1-3H3,(H,25,26)(H,27,28). The number of anilines is 1. The Morgan fingerprint density at radius 1 is 1.13 bits per heavy atom. The molecule has 4 aromatic rings. The van der Waals surface area contributed by atoms with E-state index >= 15 is 0 Å². The topological polar surface area (TPSA) is 67.1 Å². The fraction of sp³-hybridized carbons (Fsp3) is 0.391. The van der Waals surface area contributed by atoms with Gasteiger partial charge in [0.2, 0.25) is 0 Å². The normalized spacial score (nSPS) is 18.0. The summed E-state index contributed by atoms with van der Waals surface area (Å²) in [4.78, 5) is 15.6. The van der Waals surface area contributed by atoms with Crippen molar-refractivity contribution in [1.29, 1.82) is 0 Å². The molecule has 0 radical (unpaired) electrons. The van der Waals surface area contributed by atoms with Crippen molar-refractivity contribution >= 4 is 39.2 Å². The molecule has 5 rings (SSSR count). The molecule has 1 unspecified atom stereocenters. The molecular formula is C23H28ClN7. The SMILES string of the molecule is CCN1CCN(c2ccc3nc(-c4n[nH]c5cc(Cl)ccc45)[nH]c3c2)CC1CN(C)C. The molecule has 31 heavy (non-hydrogen) atoms. The molecule has 1 atom stereocenters. The Hall–Kier alpha value is -2.61. The lowest BCUT2D eigenvalue weighted by molar-refractivity contribution is 0.153. The van der Waals surface area contributed by atoms with Crippen molar-refractivity contribution in [3.8, 4) is 11.5 Å². The fourth-order valence-corrected chi connectivity index (χ4v) is 4.79. The van der Waals surface area contributed by atoms with Crippen LogP contribution in [0.15, 0.2) is 36.4 Å². The maximum atomic E-state index is 6.10. The lowest BCUT2D eigenvalue weighted by atomic mass is 10.1. The highest BCUT2D eigenvalue weighted by Crippen LogP contribution is 2.29. The van der Waals surface area contributed by atoms with Gasteiger partial charge in [0.1, 0.15) is 5.69 Å². The average Bonchev–Trinajstić information content (AvgIpc) is 3.35. The summed E-state index contributed by atoms with van der Waals surface area (Å²) in [6, 6.07) is 12.8. The van der Waals surface area contributed by atoms with Crippen LogP contribution in [0.4, 0.5) is 5.69 Å². The summed E-state index contributed by atoms with van der Waals surface area (Å²) in [5, 5.41) is 9.22. The Kier molecular flexibility index (Phi) is 5.33. The number of aromatic amines is 2. The minimum absolute atomic E-state index is 0.531. The van der Waals surface area contributed by atoms with Crippen molar-refractivity contribution in [2.24, 2.45) is 0 Å². The van der Waals surface area contributed by atoms with Crippen LogP contribution in [0.5, 0.6) is 0 Å². The number of halogens is 1. The van der Waals surface area contributed by atoms with Gasteiger partial charge in [0.05, 0.1) is 16.6 Å². The second-order valence-electron chi connectivity index (χ2n) is 8.54. The van der Waals surface area contributed by atoms with Gasteiger partial charge in [-0.1, -0.05) is 18.5 Å². The highest BCUT2D eigenvalue weighted by atomic mass is 35.5. The van der Waals surface area contributed by atoms with Crippen LogP contribution in [-0.4, -0.2) is 82.8 Å². The van der Waals surface area contributed by atoms with E-state index in [0.717, 1.165) is 66.2 Å². The Labute approximate surface area is 187 Å². The van der Waals surface area contributed by atoms with E-state index in [4.69, 9.17) is 16.6 Å². The Morgan fingerprint density at radius 2 is 2.00 bits per heavy atom. The van der Waals surface area contributed by atoms with Crippen LogP contribution < -0.4 is 4.90 Å². The summed E-state index contributed by atoms with van der Waals surface area (Å²) in [7, 11) is 4.30. The number of nitrogens with zero attached hydrogens (tertiary/aromatic N) is 5. The number of piperazine rings is 1. The van der Waals surface area contributed by atoms with Crippen LogP contribution >= 0.6 is 11.6 Å². The predicted molar refractivity (Wildman–Crippen MR) is 128 cm³/mol. The van der Waals surface area contributed by atoms with E-state index < -0.39 is 0 Å². The van der Waals surface area contributed by atoms with Crippen LogP contribution in [0.3, 0.4) is 0 Å². The van der Waals surface area contributed by atoms with Crippen molar-refractivity contribution in [2.75, 3.05) is 51.7 Å². The quantitative estimate of drug-likeness (QED) is 0.496. The van der Waals surface area contributed by atoms with E-state index in [1.807, 2.05) is 18.2 Å². The zero-order valence-corrected chi connectivity index (χ0v) is 18.9. The third-order valence-electron chi connectivity index (χ3n) is 6.17. The van der Waals surface area contributed by atoms with Crippen molar-refractivity contribution in [1.82, 2.24) is 30.0 Å². The lowest BCUT2D eigenvalue weighted by Gasteiger charge is -2.43. The minimum atomic E-state index is 0.531. The van der Waals surface area contributed by atoms with Gasteiger partial charge in [0.25, 0.3) is 0 Å². The summed E-state index contributed by atoms with van der Waals surface area (Å²) in [6.45, 7) is 7.57. The van der Waals surface area contributed by atoms with Gasteiger partial charge < -0.3 is 14.8 Å². The van der Waals surface area contributed by atoms with Crippen LogP contribution in [0.25, 0.3) is 33.5 Å². The van der Waals surface area contributed by atoms with E-state index in [2.05, 4.69) is 69.1 Å². The Bertz CT molecular complexity index is 1210. The molecule has 0 amide bonds. The number of benzene rings is 2. The predicted octanol–water partition coefficient (Wildman–Crippen LogP) is 3.83. The molecule has 2 N–H and O–H groups in total. The Balaban J connectivity index is 1.44. The molecule has 0 spiro atoms. The molecular weight excluding hydrogens is 410 g/mol. The summed E-state index contributed by atoms with van der Waals surface area (Å²) < 4.78 is 0. The largest absolute Gasteiger partial charge is 0.369 e. The van der Waals surface area contributed by atoms with Crippen LogP contribution in [0.1, 0.15) is 6.92 Å². The molecule has 1 aliphatic heterocycles. The minimum Gasteiger partial charge on any atom is -0.369 e. The van der Waals surface area contributed by atoms with Gasteiger partial charge >= 0.3 is 0 Å². The first kappa shape index (κ1) is 20.3. The number of H-pyrrole nitrogens is 2. The zero-order valence-electron chi connectivity index (χ0n) is 18.2. The summed E-state index contributed by atoms with van der Waals surface area (Å²) in [5.74, 6) is 0.766. The maximum Gasteiger partial charge on any atom is 0.159 e. The Morgan fingerprint density at radius 3 is 2.81 bits per heavy atom. The van der Waals surface area contributed by atoms with Gasteiger partial charge in [-0.3, -0.25) is 10.00 Å². The second-order valence-corrected chi connectivity index (χ2v) is 8.98. The van der Waals surface area contributed by atoms with E-state index in [-0.39, 0.29) is 0 Å². The number of likely N-dealkylation sites (N-methyl/N-ethyl adjacent to an activating group) is 2. The highest BCUT2D eigenvalue weighted by Gasteiger charge is 2.26. The number of hydrogen-bond donors (Lipinski definition) is 2. The summed E-state index contributed by atoms with van der Waals surface area (Å²) in [5.41, 5.74) is 4.93. The number of imidazole rings is 1. The molecule has 0 bridgehead atoms. The second kappa shape index (κ2) is 8.15. The average molecular weight is 438 g/mol. The number of aromatic nitrogens is 4. The fourth-order valence-electron chi connectivity index (χ4n) is 4.62. The monoisotopic (exact) mass is 437 g/mol. The molecule has 7 nitrogen and oxygen atoms in total. The first-order chi connectivity index (χ1) is 15.0. The molecule has 1 aliphatic rings. The van der Waals surface area contributed by atoms with Crippen LogP contribution in [0.2, 0.25) is 5.02 Å². The number of fused-ring (bicyclic) bond motifs is 2. The molecule has 162 valence electrons. The molecule has 2 aromatic carbocycles. The lowest BCUT2D eigenvalue weighted by Crippen LogP contribution is -2.56. The van der Waals surface area contributed by atoms with Gasteiger partial charge in [-0.25, -0.2) is 4.98 Å². The first-order valence-corrected chi connectivity index (χ1v) is 11.2. The number of rotatable bonds is 5. The maximum absolute atomic E-state index is 6.10. The number of nitrogens with one attached hydrogen (secondary N) is 2. The van der Waals surface area contributed by atoms with Gasteiger partial charge in [-0.05, 0) is 57.0 Å². The van der Waals surface area contributed by atoms with Crippen molar-refractivity contribution < 1.29 is 0 Å². The van der Waals surface area contributed by atoms with Crippen molar-refractivity contribution in [2.45, 2.75) is 13.0 Å². The van der Waals surface area contributed by atoms with Gasteiger partial charge in [-0.15, -0.1) is 0 Å². The van der Waals surface area contributed by atoms with Gasteiger partial charge in [-0.2, -0.15) is 5.10 Å². The first-order valence-electron chi connectivity index (χ1n) is 10.8. The summed E-state index contributed by atoms with van der Waals surface area (Å²) in [6.07, 6.45) is 0. The van der Waals surface area contributed by atoms with Crippen molar-refractivity contribution in [3.63, 3.8) is 0 Å². The smallest absolute Gasteiger partial charge is 0.159 e. The van der Waals surface area contributed by atoms with E-state index in [1.165, 1.54) is 5.69 Å². The van der Waals surface area contributed by atoms with E-state index in [1.54, 1.807) is 0 Å². The van der Waals surface area contributed by atoms with Crippen molar-refractivity contribution in [3.05, 3.63) is 41.4 Å².